The molecule has 5 nitrogen and oxygen atoms in total. The van der Waals surface area contributed by atoms with Crippen molar-refractivity contribution in [2.24, 2.45) is 0 Å². The molecule has 5 heteroatoms. The summed E-state index contributed by atoms with van der Waals surface area (Å²) in [5.74, 6) is 0.536. The molecule has 2 aromatic heterocycles. The van der Waals surface area contributed by atoms with Gasteiger partial charge in [-0.25, -0.2) is 4.98 Å². The van der Waals surface area contributed by atoms with Crippen LogP contribution < -0.4 is 0 Å². The number of aromatic nitrogens is 4. The number of aryl methyl sites for hydroxylation is 2. The first-order valence-electron chi connectivity index (χ1n) is 5.90. The molecule has 0 amide bonds. The topological polar surface area (TPSA) is 67.4 Å². The van der Waals surface area contributed by atoms with E-state index >= 15 is 0 Å². The Morgan fingerprint density at radius 2 is 2.00 bits per heavy atom. The zero-order valence-corrected chi connectivity index (χ0v) is 10.6. The van der Waals surface area contributed by atoms with Crippen molar-refractivity contribution in [3.63, 3.8) is 0 Å². The summed E-state index contributed by atoms with van der Waals surface area (Å²) in [5.41, 5.74) is 3.90. The van der Waals surface area contributed by atoms with Crippen LogP contribution in [0.25, 0.3) is 16.9 Å². The summed E-state index contributed by atoms with van der Waals surface area (Å²) in [6.07, 6.45) is 0. The fourth-order valence-electron chi connectivity index (χ4n) is 2.13. The van der Waals surface area contributed by atoms with E-state index < -0.39 is 0 Å². The van der Waals surface area contributed by atoms with Gasteiger partial charge in [0.05, 0.1) is 11.1 Å². The molecule has 92 valence electrons. The van der Waals surface area contributed by atoms with Crippen LogP contribution in [0.15, 0.2) is 30.3 Å². The van der Waals surface area contributed by atoms with E-state index in [4.69, 9.17) is 0 Å². The molecule has 0 saturated carbocycles. The van der Waals surface area contributed by atoms with E-state index in [0.29, 0.717) is 11.4 Å². The third kappa shape index (κ3) is 1.74. The normalized spacial score (nSPS) is 10.6. The molecular weight excluding hydrogens is 238 g/mol. The second kappa shape index (κ2) is 4.18. The number of hydrogen-bond acceptors (Lipinski definition) is 4. The smallest absolute Gasteiger partial charge is 0.174 e. The van der Waals surface area contributed by atoms with Crippen LogP contribution in [0.2, 0.25) is 0 Å². The lowest BCUT2D eigenvalue weighted by atomic mass is 10.1. The van der Waals surface area contributed by atoms with E-state index in [-0.39, 0.29) is 0 Å². The average Bonchev–Trinajstić information content (AvgIpc) is 2.81. The van der Waals surface area contributed by atoms with Gasteiger partial charge in [0.15, 0.2) is 5.82 Å². The van der Waals surface area contributed by atoms with E-state index in [1.54, 1.807) is 4.68 Å². The second-order valence-corrected chi connectivity index (χ2v) is 4.38. The minimum Gasteiger partial charge on any atom is -0.233 e. The number of fused-ring (bicyclic) bond motifs is 1. The number of pyridine rings is 1. The lowest BCUT2D eigenvalue weighted by Gasteiger charge is -2.07. The standard InChI is InChI=1S/C14H11N5/c1-9-7-10(2)16-14(11(9)8-15)19-13-6-4-3-5-12(13)17-18-19/h3-7H,1-2H3. The van der Waals surface area contributed by atoms with Gasteiger partial charge < -0.3 is 0 Å². The molecule has 0 aliphatic heterocycles. The van der Waals surface area contributed by atoms with E-state index in [2.05, 4.69) is 21.4 Å². The van der Waals surface area contributed by atoms with Crippen LogP contribution in [-0.4, -0.2) is 20.0 Å². The molecule has 0 aliphatic carbocycles. The summed E-state index contributed by atoms with van der Waals surface area (Å²) < 4.78 is 1.62. The first-order chi connectivity index (χ1) is 9.20. The molecular formula is C14H11N5. The zero-order valence-electron chi connectivity index (χ0n) is 10.6. The summed E-state index contributed by atoms with van der Waals surface area (Å²) in [6.45, 7) is 3.80. The van der Waals surface area contributed by atoms with Crippen molar-refractivity contribution in [2.45, 2.75) is 13.8 Å². The summed E-state index contributed by atoms with van der Waals surface area (Å²) in [6, 6.07) is 11.7. The summed E-state index contributed by atoms with van der Waals surface area (Å²) >= 11 is 0. The average molecular weight is 249 g/mol. The highest BCUT2D eigenvalue weighted by molar-refractivity contribution is 5.76. The van der Waals surface area contributed by atoms with Crippen LogP contribution in [0.5, 0.6) is 0 Å². The van der Waals surface area contributed by atoms with E-state index in [1.807, 2.05) is 44.2 Å². The number of para-hydroxylation sites is 1. The molecule has 2 heterocycles. The van der Waals surface area contributed by atoms with Gasteiger partial charge in [0.25, 0.3) is 0 Å². The molecule has 0 aliphatic rings. The maximum absolute atomic E-state index is 9.31. The second-order valence-electron chi connectivity index (χ2n) is 4.38. The van der Waals surface area contributed by atoms with Gasteiger partial charge in [0, 0.05) is 5.69 Å². The highest BCUT2D eigenvalue weighted by Gasteiger charge is 2.14. The van der Waals surface area contributed by atoms with Crippen molar-refractivity contribution < 1.29 is 0 Å². The number of rotatable bonds is 1. The number of hydrogen-bond donors (Lipinski definition) is 0. The lowest BCUT2D eigenvalue weighted by Crippen LogP contribution is -2.06. The molecule has 0 atom stereocenters. The number of benzene rings is 1. The first kappa shape index (κ1) is 11.4. The Morgan fingerprint density at radius 3 is 2.79 bits per heavy atom. The Hall–Kier alpha value is -2.74. The lowest BCUT2D eigenvalue weighted by molar-refractivity contribution is 0.793. The van der Waals surface area contributed by atoms with Gasteiger partial charge in [-0.1, -0.05) is 17.3 Å². The van der Waals surface area contributed by atoms with Crippen molar-refractivity contribution >= 4 is 11.0 Å². The van der Waals surface area contributed by atoms with Crippen LogP contribution in [0.1, 0.15) is 16.8 Å². The molecule has 0 saturated heterocycles. The van der Waals surface area contributed by atoms with Crippen molar-refractivity contribution in [1.82, 2.24) is 20.0 Å². The maximum Gasteiger partial charge on any atom is 0.174 e. The van der Waals surface area contributed by atoms with Crippen LogP contribution >= 0.6 is 0 Å². The molecule has 19 heavy (non-hydrogen) atoms. The monoisotopic (exact) mass is 249 g/mol. The Kier molecular flexibility index (Phi) is 2.50. The molecule has 3 rings (SSSR count). The highest BCUT2D eigenvalue weighted by Crippen LogP contribution is 2.20. The van der Waals surface area contributed by atoms with Gasteiger partial charge in [0.2, 0.25) is 0 Å². The number of nitriles is 1. The molecule has 0 unspecified atom stereocenters. The molecule has 0 fully saturated rings. The van der Waals surface area contributed by atoms with E-state index in [0.717, 1.165) is 22.3 Å². The van der Waals surface area contributed by atoms with Crippen LogP contribution in [0.4, 0.5) is 0 Å². The van der Waals surface area contributed by atoms with Crippen LogP contribution in [0.3, 0.4) is 0 Å². The Balaban J connectivity index is 2.36. The quantitative estimate of drug-likeness (QED) is 0.663. The Bertz CT molecular complexity index is 810. The van der Waals surface area contributed by atoms with Gasteiger partial charge in [-0.05, 0) is 37.6 Å². The third-order valence-electron chi connectivity index (χ3n) is 2.99. The minimum absolute atomic E-state index is 0.529. The maximum atomic E-state index is 9.31. The van der Waals surface area contributed by atoms with Crippen LogP contribution in [0, 0.1) is 25.2 Å². The first-order valence-corrected chi connectivity index (χ1v) is 5.90. The summed E-state index contributed by atoms with van der Waals surface area (Å²) in [5, 5.41) is 17.5. The van der Waals surface area contributed by atoms with Crippen molar-refractivity contribution in [3.8, 4) is 11.9 Å². The van der Waals surface area contributed by atoms with Crippen molar-refractivity contribution in [1.29, 1.82) is 5.26 Å². The fourth-order valence-corrected chi connectivity index (χ4v) is 2.13. The van der Waals surface area contributed by atoms with Gasteiger partial charge in [-0.3, -0.25) is 0 Å². The Morgan fingerprint density at radius 1 is 1.21 bits per heavy atom. The number of nitrogens with zero attached hydrogens (tertiary/aromatic N) is 5. The molecule has 1 aromatic carbocycles. The molecule has 3 aromatic rings. The van der Waals surface area contributed by atoms with Crippen LogP contribution in [-0.2, 0) is 0 Å². The van der Waals surface area contributed by atoms with E-state index in [9.17, 15) is 5.26 Å². The van der Waals surface area contributed by atoms with E-state index in [1.165, 1.54) is 0 Å². The fraction of sp³-hybridized carbons (Fsp3) is 0.143. The predicted molar refractivity (Wildman–Crippen MR) is 70.8 cm³/mol. The predicted octanol–water partition coefficient (Wildman–Crippen LogP) is 2.30. The minimum atomic E-state index is 0.529. The summed E-state index contributed by atoms with van der Waals surface area (Å²) in [7, 11) is 0. The molecule has 0 spiro atoms. The van der Waals surface area contributed by atoms with Gasteiger partial charge in [0.1, 0.15) is 11.6 Å². The Labute approximate surface area is 110 Å². The van der Waals surface area contributed by atoms with Gasteiger partial charge in [-0.15, -0.1) is 5.10 Å². The largest absolute Gasteiger partial charge is 0.233 e. The van der Waals surface area contributed by atoms with Gasteiger partial charge in [-0.2, -0.15) is 9.94 Å². The zero-order chi connectivity index (χ0) is 13.4. The molecule has 0 N–H and O–H groups in total. The SMILES string of the molecule is Cc1cc(C)c(C#N)c(-n2nnc3ccccc32)n1. The summed E-state index contributed by atoms with van der Waals surface area (Å²) in [4.78, 5) is 4.44. The third-order valence-corrected chi connectivity index (χ3v) is 2.99. The molecule has 0 radical (unpaired) electrons. The van der Waals surface area contributed by atoms with Crippen molar-refractivity contribution in [2.75, 3.05) is 0 Å². The van der Waals surface area contributed by atoms with Crippen molar-refractivity contribution in [3.05, 3.63) is 47.2 Å². The van der Waals surface area contributed by atoms with Gasteiger partial charge >= 0.3 is 0 Å². The molecule has 0 bridgehead atoms. The highest BCUT2D eigenvalue weighted by atomic mass is 15.4.